The molecule has 0 amide bonds. The van der Waals surface area contributed by atoms with E-state index >= 15 is 0 Å². The maximum absolute atomic E-state index is 12.2. The Morgan fingerprint density at radius 2 is 2.00 bits per heavy atom. The van der Waals surface area contributed by atoms with Crippen LogP contribution in [-0.4, -0.2) is 78.1 Å². The Bertz CT molecular complexity index is 952. The van der Waals surface area contributed by atoms with E-state index in [-0.39, 0.29) is 5.52 Å². The number of phosphoric ester groups is 1. The lowest BCUT2D eigenvalue weighted by atomic mass is 10.1. The summed E-state index contributed by atoms with van der Waals surface area (Å²) in [5.41, 5.74) is -0.227. The molecule has 14 heteroatoms. The Morgan fingerprint density at radius 1 is 1.33 bits per heavy atom. The van der Waals surface area contributed by atoms with Crippen molar-refractivity contribution in [1.29, 1.82) is 0 Å². The molecule has 2 aromatic heterocycles. The molecule has 0 unspecified atom stereocenters. The lowest BCUT2D eigenvalue weighted by molar-refractivity contribution is -0.0505. The van der Waals surface area contributed by atoms with Crippen LogP contribution in [0, 0.1) is 0 Å². The number of hydrogen-bond donors (Lipinski definition) is 4. The van der Waals surface area contributed by atoms with Crippen molar-refractivity contribution >= 4 is 24.9 Å². The Balaban J connectivity index is 2.00. The summed E-state index contributed by atoms with van der Waals surface area (Å²) >= 11 is 0. The van der Waals surface area contributed by atoms with E-state index in [1.54, 1.807) is 30.6 Å². The highest BCUT2D eigenvalue weighted by Gasteiger charge is 2.45. The minimum Gasteiger partial charge on any atom is -0.387 e. The second kappa shape index (κ2) is 6.95. The predicted octanol–water partition coefficient (Wildman–Crippen LogP) is -2.08. The van der Waals surface area contributed by atoms with Crippen LogP contribution in [0.2, 0.25) is 0 Å². The van der Waals surface area contributed by atoms with Crippen LogP contribution in [0.5, 0.6) is 0 Å². The number of ether oxygens (including phenoxy) is 1. The highest BCUT2D eigenvalue weighted by molar-refractivity contribution is 7.46. The molecule has 1 aliphatic heterocycles. The van der Waals surface area contributed by atoms with Crippen LogP contribution < -0.4 is 10.5 Å². The van der Waals surface area contributed by atoms with Gasteiger partial charge in [-0.2, -0.15) is 4.98 Å². The third kappa shape index (κ3) is 3.62. The first-order valence-corrected chi connectivity index (χ1v) is 9.37. The standard InChI is InChI=1S/C13H20N5O8P/c1-16(2)13-15-10(21)7-11(17(13)3)18(5-14-7)12-9(20)8(19)6(26-12)4-25-27(22,23)24/h5-6,8-9,12,19-20H,4H2,1-3H3,(H2,22,23,24)/t6-,8-,9-,12-/m1/s1. The third-order valence-corrected chi connectivity index (χ3v) is 4.69. The summed E-state index contributed by atoms with van der Waals surface area (Å²) in [5, 5.41) is 20.5. The fraction of sp³-hybridized carbons (Fsp3) is 0.615. The zero-order valence-corrected chi connectivity index (χ0v) is 15.6. The zero-order chi connectivity index (χ0) is 20.1. The van der Waals surface area contributed by atoms with Crippen LogP contribution in [0.4, 0.5) is 5.95 Å². The smallest absolute Gasteiger partial charge is 0.387 e. The lowest BCUT2D eigenvalue weighted by Gasteiger charge is -2.21. The SMILES string of the molecule is CN(C)c1nc(=O)c2ncn([C@@H]3O[C@H](COP(=O)(O)O)[C@@H](O)[C@H]3O)c2n1C. The number of hydrogen-bond acceptors (Lipinski definition) is 9. The van der Waals surface area contributed by atoms with E-state index in [1.807, 2.05) is 0 Å². The van der Waals surface area contributed by atoms with Crippen LogP contribution in [0.3, 0.4) is 0 Å². The summed E-state index contributed by atoms with van der Waals surface area (Å²) in [6.45, 7) is -0.630. The van der Waals surface area contributed by atoms with Gasteiger partial charge in [-0.15, -0.1) is 0 Å². The van der Waals surface area contributed by atoms with Gasteiger partial charge < -0.3 is 29.6 Å². The summed E-state index contributed by atoms with van der Waals surface area (Å²) in [6, 6.07) is 0. The number of aromatic nitrogens is 4. The number of imidazole rings is 1. The molecule has 3 heterocycles. The highest BCUT2D eigenvalue weighted by atomic mass is 31.2. The first-order valence-electron chi connectivity index (χ1n) is 7.84. The van der Waals surface area contributed by atoms with Crippen molar-refractivity contribution in [2.24, 2.45) is 7.05 Å². The molecule has 0 aromatic carbocycles. The molecule has 3 rings (SSSR count). The normalized spacial score (nSPS) is 26.0. The topological polar surface area (TPSA) is 172 Å². The Labute approximate surface area is 152 Å². The van der Waals surface area contributed by atoms with E-state index in [4.69, 9.17) is 14.5 Å². The number of aryl methyl sites for hydroxylation is 1. The van der Waals surface area contributed by atoms with Crippen LogP contribution in [0.15, 0.2) is 11.1 Å². The Kier molecular flexibility index (Phi) is 5.12. The number of phosphoric acid groups is 1. The largest absolute Gasteiger partial charge is 0.469 e. The van der Waals surface area contributed by atoms with Crippen LogP contribution in [-0.2, 0) is 20.9 Å². The van der Waals surface area contributed by atoms with E-state index in [9.17, 15) is 19.6 Å². The van der Waals surface area contributed by atoms with E-state index in [1.165, 1.54) is 10.9 Å². The van der Waals surface area contributed by atoms with Gasteiger partial charge in [0, 0.05) is 21.1 Å². The molecule has 1 fully saturated rings. The van der Waals surface area contributed by atoms with Gasteiger partial charge in [-0.3, -0.25) is 18.5 Å². The number of nitrogens with zero attached hydrogens (tertiary/aromatic N) is 5. The van der Waals surface area contributed by atoms with Crippen LogP contribution >= 0.6 is 7.82 Å². The van der Waals surface area contributed by atoms with Crippen molar-refractivity contribution in [2.75, 3.05) is 25.6 Å². The molecule has 0 bridgehead atoms. The minimum atomic E-state index is -4.77. The van der Waals surface area contributed by atoms with Crippen molar-refractivity contribution in [2.45, 2.75) is 24.5 Å². The van der Waals surface area contributed by atoms with Gasteiger partial charge in [0.2, 0.25) is 5.95 Å². The van der Waals surface area contributed by atoms with Gasteiger partial charge in [0.25, 0.3) is 0 Å². The second-order valence-electron chi connectivity index (χ2n) is 6.33. The molecule has 27 heavy (non-hydrogen) atoms. The summed E-state index contributed by atoms with van der Waals surface area (Å²) in [5.74, 6) is 0.337. The van der Waals surface area contributed by atoms with E-state index < -0.39 is 44.5 Å². The number of aliphatic hydroxyl groups excluding tert-OH is 2. The maximum Gasteiger partial charge on any atom is 0.469 e. The number of aliphatic hydroxyl groups is 2. The molecular weight excluding hydrogens is 385 g/mol. The van der Waals surface area contributed by atoms with Gasteiger partial charge in [-0.05, 0) is 0 Å². The van der Waals surface area contributed by atoms with Gasteiger partial charge in [-0.25, -0.2) is 9.55 Å². The van der Waals surface area contributed by atoms with Crippen LogP contribution in [0.1, 0.15) is 6.23 Å². The van der Waals surface area contributed by atoms with Crippen molar-refractivity contribution in [3.63, 3.8) is 0 Å². The van der Waals surface area contributed by atoms with Gasteiger partial charge in [0.1, 0.15) is 18.3 Å². The molecule has 0 aliphatic carbocycles. The van der Waals surface area contributed by atoms with E-state index in [0.29, 0.717) is 11.6 Å². The molecule has 150 valence electrons. The maximum atomic E-state index is 12.2. The molecule has 13 nitrogen and oxygen atoms in total. The average molecular weight is 405 g/mol. The lowest BCUT2D eigenvalue weighted by Crippen LogP contribution is -2.33. The van der Waals surface area contributed by atoms with Gasteiger partial charge in [0.05, 0.1) is 12.9 Å². The van der Waals surface area contributed by atoms with Gasteiger partial charge >= 0.3 is 13.4 Å². The molecule has 4 N–H and O–H groups in total. The molecule has 4 atom stereocenters. The third-order valence-electron chi connectivity index (χ3n) is 4.21. The summed E-state index contributed by atoms with van der Waals surface area (Å²) < 4.78 is 23.7. The quantitative estimate of drug-likeness (QED) is 0.402. The fourth-order valence-electron chi connectivity index (χ4n) is 3.00. The van der Waals surface area contributed by atoms with E-state index in [0.717, 1.165) is 0 Å². The fourth-order valence-corrected chi connectivity index (χ4v) is 3.35. The van der Waals surface area contributed by atoms with Gasteiger partial charge in [-0.1, -0.05) is 0 Å². The van der Waals surface area contributed by atoms with Crippen LogP contribution in [0.25, 0.3) is 11.2 Å². The summed E-state index contributed by atoms with van der Waals surface area (Å²) in [6.07, 6.45) is -3.99. The number of rotatable bonds is 5. The zero-order valence-electron chi connectivity index (χ0n) is 14.7. The molecule has 2 aromatic rings. The number of fused-ring (bicyclic) bond motifs is 1. The number of anilines is 1. The van der Waals surface area contributed by atoms with Crippen molar-refractivity contribution < 1.29 is 33.8 Å². The first-order chi connectivity index (χ1) is 12.5. The van der Waals surface area contributed by atoms with Crippen molar-refractivity contribution in [3.05, 3.63) is 16.7 Å². The van der Waals surface area contributed by atoms with Gasteiger partial charge in [0.15, 0.2) is 17.4 Å². The molecule has 1 saturated heterocycles. The molecule has 0 radical (unpaired) electrons. The Morgan fingerprint density at radius 3 is 2.59 bits per heavy atom. The molecular formula is C13H20N5O8P. The Hall–Kier alpha value is -1.86. The molecule has 0 spiro atoms. The summed E-state index contributed by atoms with van der Waals surface area (Å²) in [4.78, 5) is 39.4. The predicted molar refractivity (Wildman–Crippen MR) is 91.0 cm³/mol. The summed E-state index contributed by atoms with van der Waals surface area (Å²) in [7, 11) is 0.286. The molecule has 0 saturated carbocycles. The average Bonchev–Trinajstić information content (AvgIpc) is 3.12. The first kappa shape index (κ1) is 19.9. The van der Waals surface area contributed by atoms with E-state index in [2.05, 4.69) is 14.5 Å². The highest BCUT2D eigenvalue weighted by Crippen LogP contribution is 2.38. The monoisotopic (exact) mass is 405 g/mol. The second-order valence-corrected chi connectivity index (χ2v) is 7.57. The van der Waals surface area contributed by atoms with Crippen molar-refractivity contribution in [1.82, 2.24) is 19.1 Å². The van der Waals surface area contributed by atoms with Crippen molar-refractivity contribution in [3.8, 4) is 0 Å². The molecule has 1 aliphatic rings. The minimum absolute atomic E-state index is 0.0447.